The lowest BCUT2D eigenvalue weighted by Crippen LogP contribution is -2.40. The third kappa shape index (κ3) is 3.66. The van der Waals surface area contributed by atoms with E-state index in [9.17, 15) is 19.1 Å². The van der Waals surface area contributed by atoms with Crippen molar-refractivity contribution in [3.05, 3.63) is 54.1 Å². The molecule has 3 rings (SSSR count). The zero-order chi connectivity index (χ0) is 18.6. The summed E-state index contributed by atoms with van der Waals surface area (Å²) in [6, 6.07) is 9.35. The van der Waals surface area contributed by atoms with Gasteiger partial charge in [0.1, 0.15) is 12.0 Å². The number of benzene rings is 1. The fraction of sp³-hybridized carbons (Fsp3) is 0.316. The number of aromatic nitrogens is 1. The van der Waals surface area contributed by atoms with Crippen LogP contribution in [-0.4, -0.2) is 22.0 Å². The molecule has 1 aromatic heterocycles. The van der Waals surface area contributed by atoms with Gasteiger partial charge in [-0.1, -0.05) is 18.9 Å². The van der Waals surface area contributed by atoms with Gasteiger partial charge >= 0.3 is 5.97 Å². The Morgan fingerprint density at radius 2 is 2.00 bits per heavy atom. The summed E-state index contributed by atoms with van der Waals surface area (Å²) in [5, 5.41) is 11.9. The van der Waals surface area contributed by atoms with Gasteiger partial charge in [0, 0.05) is 18.0 Å². The molecule has 1 heterocycles. The lowest BCUT2D eigenvalue weighted by molar-refractivity contribution is -0.153. The molecule has 0 saturated heterocycles. The highest BCUT2D eigenvalue weighted by Crippen LogP contribution is 2.39. The van der Waals surface area contributed by atoms with E-state index in [1.807, 2.05) is 6.07 Å². The quantitative estimate of drug-likeness (QED) is 0.773. The molecule has 7 heteroatoms. The van der Waals surface area contributed by atoms with E-state index in [1.54, 1.807) is 18.3 Å². The van der Waals surface area contributed by atoms with Crippen LogP contribution in [0.1, 0.15) is 31.4 Å². The molecule has 1 aliphatic rings. The zero-order valence-electron chi connectivity index (χ0n) is 14.1. The molecule has 6 nitrogen and oxygen atoms in total. The minimum Gasteiger partial charge on any atom is -0.484 e. The Kier molecular flexibility index (Phi) is 5.16. The largest absolute Gasteiger partial charge is 0.484 e. The van der Waals surface area contributed by atoms with E-state index in [0.717, 1.165) is 6.07 Å². The van der Waals surface area contributed by atoms with Gasteiger partial charge in [-0.05, 0) is 37.1 Å². The van der Waals surface area contributed by atoms with Crippen LogP contribution in [-0.2, 0) is 16.2 Å². The van der Waals surface area contributed by atoms with Crippen LogP contribution in [0.25, 0.3) is 0 Å². The van der Waals surface area contributed by atoms with Crippen molar-refractivity contribution in [2.24, 2.45) is 5.41 Å². The Balaban J connectivity index is 1.67. The maximum Gasteiger partial charge on any atom is 0.319 e. The molecular formula is C19H19FN2O4. The molecule has 26 heavy (non-hydrogen) atoms. The monoisotopic (exact) mass is 358 g/mol. The number of carbonyl (C=O) groups excluding carboxylic acids is 1. The fourth-order valence-corrected chi connectivity index (χ4v) is 3.10. The number of nitrogens with zero attached hydrogens (tertiary/aromatic N) is 1. The molecule has 1 saturated carbocycles. The van der Waals surface area contributed by atoms with Gasteiger partial charge in [-0.2, -0.15) is 0 Å². The number of carboxylic acid groups (broad SMARTS) is 1. The van der Waals surface area contributed by atoms with E-state index in [1.165, 1.54) is 12.1 Å². The number of halogens is 1. The minimum atomic E-state index is -1.43. The number of hydrogen-bond acceptors (Lipinski definition) is 4. The molecule has 2 aromatic rings. The number of rotatable bonds is 6. The molecule has 1 aromatic carbocycles. The lowest BCUT2D eigenvalue weighted by Gasteiger charge is -2.22. The second kappa shape index (κ2) is 7.51. The van der Waals surface area contributed by atoms with Crippen LogP contribution in [0.2, 0.25) is 0 Å². The molecule has 136 valence electrons. The van der Waals surface area contributed by atoms with Crippen molar-refractivity contribution in [3.8, 4) is 5.75 Å². The van der Waals surface area contributed by atoms with Gasteiger partial charge in [0.25, 0.3) is 0 Å². The first-order chi connectivity index (χ1) is 12.5. The van der Waals surface area contributed by atoms with Crippen LogP contribution in [0.15, 0.2) is 42.6 Å². The molecule has 1 aliphatic carbocycles. The maximum atomic E-state index is 14.2. The van der Waals surface area contributed by atoms with E-state index < -0.39 is 23.1 Å². The Bertz CT molecular complexity index is 804. The van der Waals surface area contributed by atoms with Gasteiger partial charge in [-0.25, -0.2) is 4.39 Å². The summed E-state index contributed by atoms with van der Waals surface area (Å²) in [5.41, 5.74) is -0.566. The van der Waals surface area contributed by atoms with Crippen molar-refractivity contribution in [3.63, 3.8) is 0 Å². The number of nitrogens with one attached hydrogen (secondary N) is 1. The van der Waals surface area contributed by atoms with Gasteiger partial charge < -0.3 is 15.2 Å². The molecule has 0 unspecified atom stereocenters. The summed E-state index contributed by atoms with van der Waals surface area (Å²) in [6.45, 7) is 0.117. The third-order valence-electron chi connectivity index (χ3n) is 4.59. The second-order valence-electron chi connectivity index (χ2n) is 6.30. The lowest BCUT2D eigenvalue weighted by atomic mass is 9.85. The Labute approximate surface area is 150 Å². The van der Waals surface area contributed by atoms with Crippen molar-refractivity contribution in [1.29, 1.82) is 0 Å². The first-order valence-corrected chi connectivity index (χ1v) is 8.38. The van der Waals surface area contributed by atoms with Crippen LogP contribution in [0, 0.1) is 11.2 Å². The number of carboxylic acids is 1. The number of aliphatic carboxylic acids is 1. The van der Waals surface area contributed by atoms with E-state index in [0.29, 0.717) is 31.4 Å². The second-order valence-corrected chi connectivity index (χ2v) is 6.30. The predicted octanol–water partition coefficient (Wildman–Crippen LogP) is 3.38. The SMILES string of the molecule is O=C(O)C1(C(=O)Nc2ccc(OCc3ccccn3)c(F)c2)CCCC1. The van der Waals surface area contributed by atoms with Gasteiger partial charge in [0.05, 0.1) is 5.69 Å². The van der Waals surface area contributed by atoms with Crippen LogP contribution in [0.5, 0.6) is 5.75 Å². The Morgan fingerprint density at radius 3 is 2.62 bits per heavy atom. The summed E-state index contributed by atoms with van der Waals surface area (Å²) in [4.78, 5) is 28.1. The molecule has 0 aliphatic heterocycles. The van der Waals surface area contributed by atoms with E-state index in [4.69, 9.17) is 4.74 Å². The summed E-state index contributed by atoms with van der Waals surface area (Å²) < 4.78 is 19.6. The number of amides is 1. The summed E-state index contributed by atoms with van der Waals surface area (Å²) >= 11 is 0. The topological polar surface area (TPSA) is 88.5 Å². The number of anilines is 1. The number of pyridine rings is 1. The highest BCUT2D eigenvalue weighted by atomic mass is 19.1. The molecule has 0 atom stereocenters. The summed E-state index contributed by atoms with van der Waals surface area (Å²) in [7, 11) is 0. The molecular weight excluding hydrogens is 339 g/mol. The molecule has 1 amide bonds. The Morgan fingerprint density at radius 1 is 1.23 bits per heavy atom. The van der Waals surface area contributed by atoms with Crippen LogP contribution in [0.3, 0.4) is 0 Å². The van der Waals surface area contributed by atoms with Crippen molar-refractivity contribution in [2.45, 2.75) is 32.3 Å². The third-order valence-corrected chi connectivity index (χ3v) is 4.59. The minimum absolute atomic E-state index is 0.0301. The molecule has 0 bridgehead atoms. The smallest absolute Gasteiger partial charge is 0.319 e. The first kappa shape index (κ1) is 17.8. The molecule has 1 fully saturated rings. The average molecular weight is 358 g/mol. The van der Waals surface area contributed by atoms with Gasteiger partial charge in [-0.15, -0.1) is 0 Å². The normalized spacial score (nSPS) is 15.4. The number of hydrogen-bond donors (Lipinski definition) is 2. The van der Waals surface area contributed by atoms with Crippen molar-refractivity contribution in [2.75, 3.05) is 5.32 Å². The predicted molar refractivity (Wildman–Crippen MR) is 92.1 cm³/mol. The highest BCUT2D eigenvalue weighted by molar-refractivity contribution is 6.08. The van der Waals surface area contributed by atoms with E-state index in [2.05, 4.69) is 10.3 Å². The van der Waals surface area contributed by atoms with E-state index >= 15 is 0 Å². The van der Waals surface area contributed by atoms with Crippen LogP contribution in [0.4, 0.5) is 10.1 Å². The van der Waals surface area contributed by atoms with Crippen LogP contribution >= 0.6 is 0 Å². The average Bonchev–Trinajstić information content (AvgIpc) is 3.13. The molecule has 0 spiro atoms. The van der Waals surface area contributed by atoms with Gasteiger partial charge in [0.2, 0.25) is 5.91 Å². The van der Waals surface area contributed by atoms with Crippen molar-refractivity contribution < 1.29 is 23.8 Å². The fourth-order valence-electron chi connectivity index (χ4n) is 3.10. The van der Waals surface area contributed by atoms with Crippen molar-refractivity contribution in [1.82, 2.24) is 4.98 Å². The number of ether oxygens (including phenoxy) is 1. The first-order valence-electron chi connectivity index (χ1n) is 8.38. The van der Waals surface area contributed by atoms with Crippen molar-refractivity contribution >= 4 is 17.6 Å². The zero-order valence-corrected chi connectivity index (χ0v) is 14.1. The summed E-state index contributed by atoms with van der Waals surface area (Å²) in [6.07, 6.45) is 3.58. The summed E-state index contributed by atoms with van der Waals surface area (Å²) in [5.74, 6) is -2.36. The van der Waals surface area contributed by atoms with Crippen LogP contribution < -0.4 is 10.1 Å². The molecule has 0 radical (unpaired) electrons. The Hall–Kier alpha value is -2.96. The molecule has 2 N–H and O–H groups in total. The number of carbonyl (C=O) groups is 2. The highest BCUT2D eigenvalue weighted by Gasteiger charge is 2.48. The maximum absolute atomic E-state index is 14.2. The standard InChI is InChI=1S/C19H19FN2O4/c20-15-11-13(22-17(23)19(18(24)25)8-2-3-9-19)6-7-16(15)26-12-14-5-1-4-10-21-14/h1,4-7,10-11H,2-3,8-9,12H2,(H,22,23)(H,24,25). The van der Waals surface area contributed by atoms with Gasteiger partial charge in [-0.3, -0.25) is 14.6 Å². The van der Waals surface area contributed by atoms with E-state index in [-0.39, 0.29) is 18.0 Å². The van der Waals surface area contributed by atoms with Gasteiger partial charge in [0.15, 0.2) is 11.6 Å².